The lowest BCUT2D eigenvalue weighted by atomic mass is 9.96. The minimum atomic E-state index is 0.144. The van der Waals surface area contributed by atoms with Gasteiger partial charge in [0.25, 0.3) is 0 Å². The van der Waals surface area contributed by atoms with Crippen LogP contribution in [-0.4, -0.2) is 17.9 Å². The normalized spacial score (nSPS) is 22.3. The number of hydrogen-bond acceptors (Lipinski definition) is 2. The Kier molecular flexibility index (Phi) is 3.01. The highest BCUT2D eigenvalue weighted by molar-refractivity contribution is 4.69. The van der Waals surface area contributed by atoms with Gasteiger partial charge in [0.1, 0.15) is 0 Å². The van der Waals surface area contributed by atoms with Crippen LogP contribution in [0, 0.1) is 0 Å². The van der Waals surface area contributed by atoms with Crippen LogP contribution in [0.1, 0.15) is 32.1 Å². The molecule has 1 aliphatic carbocycles. The van der Waals surface area contributed by atoms with Gasteiger partial charge in [-0.25, -0.2) is 0 Å². The minimum Gasteiger partial charge on any atom is -0.381 e. The largest absolute Gasteiger partial charge is 0.381 e. The van der Waals surface area contributed by atoms with Gasteiger partial charge in [-0.15, -0.1) is 0 Å². The maximum Gasteiger partial charge on any atom is 0.0933 e. The van der Waals surface area contributed by atoms with E-state index in [0.717, 1.165) is 0 Å². The molecule has 0 aromatic rings. The van der Waals surface area contributed by atoms with Crippen LogP contribution in [0.5, 0.6) is 0 Å². The van der Waals surface area contributed by atoms with Crippen molar-refractivity contribution in [3.63, 3.8) is 0 Å². The van der Waals surface area contributed by atoms with Gasteiger partial charge in [-0.2, -0.15) is 0 Å². The maximum atomic E-state index is 8.51. The summed E-state index contributed by atoms with van der Waals surface area (Å²) < 4.78 is 0. The van der Waals surface area contributed by atoms with Gasteiger partial charge >= 0.3 is 0 Å². The summed E-state index contributed by atoms with van der Waals surface area (Å²) in [6.45, 7) is 0.144. The first-order chi connectivity index (χ1) is 4.43. The third-order valence-corrected chi connectivity index (χ3v) is 1.99. The van der Waals surface area contributed by atoms with Gasteiger partial charge in [-0.05, 0) is 12.8 Å². The van der Waals surface area contributed by atoms with Gasteiger partial charge < -0.3 is 5.11 Å². The molecular formula is C7H15NO. The highest BCUT2D eigenvalue weighted by Crippen LogP contribution is 2.16. The molecule has 0 heterocycles. The average Bonchev–Trinajstić information content (AvgIpc) is 1.91. The summed E-state index contributed by atoms with van der Waals surface area (Å²) in [6.07, 6.45) is 6.54. The summed E-state index contributed by atoms with van der Waals surface area (Å²) in [5, 5.41) is 11.5. The van der Waals surface area contributed by atoms with E-state index in [1.165, 1.54) is 32.1 Å². The molecule has 1 fully saturated rings. The van der Waals surface area contributed by atoms with Gasteiger partial charge in [-0.3, -0.25) is 5.32 Å². The van der Waals surface area contributed by atoms with E-state index in [1.807, 2.05) is 0 Å². The van der Waals surface area contributed by atoms with E-state index in [-0.39, 0.29) is 6.73 Å². The average molecular weight is 129 g/mol. The van der Waals surface area contributed by atoms with Crippen LogP contribution in [0.3, 0.4) is 0 Å². The van der Waals surface area contributed by atoms with Crippen molar-refractivity contribution in [3.8, 4) is 0 Å². The molecule has 0 aromatic carbocycles. The third kappa shape index (κ3) is 2.33. The molecule has 0 aliphatic heterocycles. The van der Waals surface area contributed by atoms with Crippen LogP contribution in [0.25, 0.3) is 0 Å². The molecule has 0 amide bonds. The molecule has 1 saturated carbocycles. The lowest BCUT2D eigenvalue weighted by Gasteiger charge is -2.21. The van der Waals surface area contributed by atoms with Crippen LogP contribution >= 0.6 is 0 Å². The molecule has 54 valence electrons. The molecular weight excluding hydrogens is 114 g/mol. The number of rotatable bonds is 2. The summed E-state index contributed by atoms with van der Waals surface area (Å²) in [7, 11) is 0. The standard InChI is InChI=1S/C7H15NO/c9-6-8-7-4-2-1-3-5-7/h7-9H,1-6H2. The van der Waals surface area contributed by atoms with Crippen molar-refractivity contribution >= 4 is 0 Å². The first-order valence-electron chi connectivity index (χ1n) is 3.77. The zero-order chi connectivity index (χ0) is 6.53. The second-order valence-corrected chi connectivity index (χ2v) is 2.70. The lowest BCUT2D eigenvalue weighted by Crippen LogP contribution is -2.31. The molecule has 9 heavy (non-hydrogen) atoms. The highest BCUT2D eigenvalue weighted by Gasteiger charge is 2.10. The molecule has 0 saturated heterocycles. The zero-order valence-electron chi connectivity index (χ0n) is 5.77. The summed E-state index contributed by atoms with van der Waals surface area (Å²) in [4.78, 5) is 0. The fourth-order valence-corrected chi connectivity index (χ4v) is 1.44. The van der Waals surface area contributed by atoms with E-state index >= 15 is 0 Å². The van der Waals surface area contributed by atoms with Crippen molar-refractivity contribution in [2.45, 2.75) is 38.1 Å². The molecule has 2 nitrogen and oxygen atoms in total. The highest BCUT2D eigenvalue weighted by atomic mass is 16.3. The van der Waals surface area contributed by atoms with Crippen molar-refractivity contribution in [2.75, 3.05) is 6.73 Å². The van der Waals surface area contributed by atoms with Crippen LogP contribution in [-0.2, 0) is 0 Å². The predicted octanol–water partition coefficient (Wildman–Crippen LogP) is 0.859. The molecule has 1 rings (SSSR count). The van der Waals surface area contributed by atoms with Gasteiger partial charge in [0.15, 0.2) is 0 Å². The Balaban J connectivity index is 2.08. The fraction of sp³-hybridized carbons (Fsp3) is 1.00. The summed E-state index contributed by atoms with van der Waals surface area (Å²) in [6, 6.07) is 0.601. The molecule has 0 atom stereocenters. The van der Waals surface area contributed by atoms with E-state index < -0.39 is 0 Å². The molecule has 0 bridgehead atoms. The van der Waals surface area contributed by atoms with Crippen molar-refractivity contribution < 1.29 is 5.11 Å². The van der Waals surface area contributed by atoms with Gasteiger partial charge in [-0.1, -0.05) is 19.3 Å². The van der Waals surface area contributed by atoms with E-state index in [1.54, 1.807) is 0 Å². The van der Waals surface area contributed by atoms with Crippen LogP contribution in [0.4, 0.5) is 0 Å². The summed E-state index contributed by atoms with van der Waals surface area (Å²) in [5.74, 6) is 0. The van der Waals surface area contributed by atoms with E-state index in [4.69, 9.17) is 5.11 Å². The Bertz CT molecular complexity index is 66.6. The molecule has 0 aromatic heterocycles. The van der Waals surface area contributed by atoms with Crippen LogP contribution in [0.2, 0.25) is 0 Å². The number of hydrogen-bond donors (Lipinski definition) is 2. The number of nitrogens with one attached hydrogen (secondary N) is 1. The predicted molar refractivity (Wildman–Crippen MR) is 37.1 cm³/mol. The van der Waals surface area contributed by atoms with Crippen molar-refractivity contribution in [3.05, 3.63) is 0 Å². The summed E-state index contributed by atoms with van der Waals surface area (Å²) in [5.41, 5.74) is 0. The summed E-state index contributed by atoms with van der Waals surface area (Å²) >= 11 is 0. The maximum absolute atomic E-state index is 8.51. The Hall–Kier alpha value is -0.0800. The molecule has 2 heteroatoms. The first-order valence-corrected chi connectivity index (χ1v) is 3.77. The first kappa shape index (κ1) is 7.03. The molecule has 0 unspecified atom stereocenters. The molecule has 1 aliphatic rings. The SMILES string of the molecule is OCNC1CCCCC1. The van der Waals surface area contributed by atoms with E-state index in [9.17, 15) is 0 Å². The van der Waals surface area contributed by atoms with Gasteiger partial charge in [0, 0.05) is 6.04 Å². The smallest absolute Gasteiger partial charge is 0.0933 e. The topological polar surface area (TPSA) is 32.3 Å². The van der Waals surface area contributed by atoms with E-state index in [0.29, 0.717) is 6.04 Å². The fourth-order valence-electron chi connectivity index (χ4n) is 1.44. The van der Waals surface area contributed by atoms with Crippen LogP contribution < -0.4 is 5.32 Å². The van der Waals surface area contributed by atoms with Crippen molar-refractivity contribution in [2.24, 2.45) is 0 Å². The molecule has 0 spiro atoms. The second-order valence-electron chi connectivity index (χ2n) is 2.70. The molecule has 2 N–H and O–H groups in total. The van der Waals surface area contributed by atoms with E-state index in [2.05, 4.69) is 5.32 Å². The van der Waals surface area contributed by atoms with Crippen LogP contribution in [0.15, 0.2) is 0 Å². The Morgan fingerprint density at radius 1 is 1.22 bits per heavy atom. The van der Waals surface area contributed by atoms with Gasteiger partial charge in [0.05, 0.1) is 6.73 Å². The minimum absolute atomic E-state index is 0.144. The number of aliphatic hydroxyl groups excluding tert-OH is 1. The quantitative estimate of drug-likeness (QED) is 0.542. The third-order valence-electron chi connectivity index (χ3n) is 1.99. The Labute approximate surface area is 56.3 Å². The Morgan fingerprint density at radius 2 is 1.89 bits per heavy atom. The number of aliphatic hydroxyl groups is 1. The zero-order valence-corrected chi connectivity index (χ0v) is 5.77. The second kappa shape index (κ2) is 3.85. The van der Waals surface area contributed by atoms with Crippen molar-refractivity contribution in [1.82, 2.24) is 5.32 Å². The van der Waals surface area contributed by atoms with Gasteiger partial charge in [0.2, 0.25) is 0 Å². The van der Waals surface area contributed by atoms with Crippen molar-refractivity contribution in [1.29, 1.82) is 0 Å². The lowest BCUT2D eigenvalue weighted by molar-refractivity contribution is 0.222. The molecule has 0 radical (unpaired) electrons. The monoisotopic (exact) mass is 129 g/mol. The Morgan fingerprint density at radius 3 is 2.44 bits per heavy atom.